The largest absolute Gasteiger partial charge is 0.486 e. The predicted octanol–water partition coefficient (Wildman–Crippen LogP) is 1.87. The highest BCUT2D eigenvalue weighted by molar-refractivity contribution is 5.68. The van der Waals surface area contributed by atoms with Gasteiger partial charge in [-0.3, -0.25) is 4.79 Å². The minimum absolute atomic E-state index is 0.159. The van der Waals surface area contributed by atoms with Crippen LogP contribution in [-0.4, -0.2) is 16.3 Å². The molecule has 0 N–H and O–H groups in total. The molecule has 4 heteroatoms. The Morgan fingerprint density at radius 2 is 1.81 bits per heavy atom. The summed E-state index contributed by atoms with van der Waals surface area (Å²) >= 11 is 0. The summed E-state index contributed by atoms with van der Waals surface area (Å²) in [6, 6.07) is 9.79. The summed E-state index contributed by atoms with van der Waals surface area (Å²) in [6.45, 7) is 0.463. The van der Waals surface area contributed by atoms with Crippen molar-refractivity contribution in [3.63, 3.8) is 0 Å². The van der Waals surface area contributed by atoms with Gasteiger partial charge in [0.05, 0.1) is 12.4 Å². The normalized spacial score (nSPS) is 9.75. The molecule has 0 spiro atoms. The molecule has 0 radical (unpaired) electrons. The second-order valence-corrected chi connectivity index (χ2v) is 3.17. The number of nitrogens with zero attached hydrogens (tertiary/aromatic N) is 2. The van der Waals surface area contributed by atoms with Crippen LogP contribution in [-0.2, 0) is 6.61 Å². The number of aldehydes is 1. The molecular formula is C12H10N2O2. The number of hydrogen-bond acceptors (Lipinski definition) is 4. The van der Waals surface area contributed by atoms with Gasteiger partial charge in [-0.15, -0.1) is 0 Å². The van der Waals surface area contributed by atoms with Crippen molar-refractivity contribution >= 4 is 6.29 Å². The molecular weight excluding hydrogens is 204 g/mol. The number of rotatable bonds is 4. The smallest absolute Gasteiger partial charge is 0.192 e. The van der Waals surface area contributed by atoms with Crippen LogP contribution in [0.2, 0.25) is 0 Å². The lowest BCUT2D eigenvalue weighted by Gasteiger charge is -2.04. The summed E-state index contributed by atoms with van der Waals surface area (Å²) in [5.74, 6) is 0.710. The second kappa shape index (κ2) is 5.02. The maximum absolute atomic E-state index is 10.3. The van der Waals surface area contributed by atoms with E-state index in [4.69, 9.17) is 4.74 Å². The number of hydrogen-bond donors (Lipinski definition) is 0. The van der Waals surface area contributed by atoms with E-state index in [9.17, 15) is 4.79 Å². The van der Waals surface area contributed by atoms with Gasteiger partial charge in [0.1, 0.15) is 6.61 Å². The highest BCUT2D eigenvalue weighted by Crippen LogP contribution is 2.09. The molecule has 4 nitrogen and oxygen atoms in total. The van der Waals surface area contributed by atoms with Crippen LogP contribution in [0, 0.1) is 0 Å². The van der Waals surface area contributed by atoms with Gasteiger partial charge in [0.25, 0.3) is 0 Å². The lowest BCUT2D eigenvalue weighted by atomic mass is 10.2. The third-order valence-electron chi connectivity index (χ3n) is 2.00. The molecule has 0 bridgehead atoms. The fourth-order valence-corrected chi connectivity index (χ4v) is 1.20. The number of carbonyl (C=O) groups is 1. The maximum atomic E-state index is 10.3. The molecule has 16 heavy (non-hydrogen) atoms. The van der Waals surface area contributed by atoms with Gasteiger partial charge in [-0.25, -0.2) is 9.97 Å². The Morgan fingerprint density at radius 3 is 2.44 bits per heavy atom. The first-order valence-corrected chi connectivity index (χ1v) is 4.82. The Bertz CT molecular complexity index is 454. The monoisotopic (exact) mass is 214 g/mol. The van der Waals surface area contributed by atoms with Crippen molar-refractivity contribution < 1.29 is 9.53 Å². The van der Waals surface area contributed by atoms with Crippen LogP contribution in [0.25, 0.3) is 0 Å². The molecule has 0 saturated heterocycles. The summed E-state index contributed by atoms with van der Waals surface area (Å²) in [4.78, 5) is 17.9. The quantitative estimate of drug-likeness (QED) is 0.729. The number of ether oxygens (including phenoxy) is 1. The highest BCUT2D eigenvalue weighted by atomic mass is 16.5. The van der Waals surface area contributed by atoms with Gasteiger partial charge in [-0.05, 0) is 5.56 Å². The van der Waals surface area contributed by atoms with Crippen LogP contribution >= 0.6 is 0 Å². The van der Waals surface area contributed by atoms with Gasteiger partial charge >= 0.3 is 0 Å². The highest BCUT2D eigenvalue weighted by Gasteiger charge is 1.97. The van der Waals surface area contributed by atoms with Gasteiger partial charge in [-0.1, -0.05) is 30.3 Å². The molecule has 0 aliphatic carbocycles. The number of carbonyl (C=O) groups excluding carboxylic acids is 1. The minimum Gasteiger partial charge on any atom is -0.486 e. The Hall–Kier alpha value is -2.23. The third-order valence-corrected chi connectivity index (χ3v) is 2.00. The SMILES string of the molecule is O=Cc1ncc(OCc2ccccc2)cn1. The standard InChI is InChI=1S/C12H10N2O2/c15-8-12-13-6-11(7-14-12)16-9-10-4-2-1-3-5-10/h1-8H,9H2. The molecule has 1 aromatic heterocycles. The number of benzene rings is 1. The van der Waals surface area contributed by atoms with Crippen molar-refractivity contribution in [3.05, 3.63) is 54.1 Å². The average molecular weight is 214 g/mol. The molecule has 0 fully saturated rings. The molecule has 0 unspecified atom stereocenters. The first kappa shape index (κ1) is 10.3. The van der Waals surface area contributed by atoms with E-state index in [1.807, 2.05) is 30.3 Å². The predicted molar refractivity (Wildman–Crippen MR) is 58.2 cm³/mol. The summed E-state index contributed by atoms with van der Waals surface area (Å²) in [5, 5.41) is 0. The van der Waals surface area contributed by atoms with Gasteiger partial charge in [0.15, 0.2) is 17.9 Å². The molecule has 0 saturated carbocycles. The van der Waals surface area contributed by atoms with Gasteiger partial charge in [0, 0.05) is 0 Å². The van der Waals surface area contributed by atoms with Crippen molar-refractivity contribution in [3.8, 4) is 5.75 Å². The first-order chi connectivity index (χ1) is 7.88. The minimum atomic E-state index is 0.159. The van der Waals surface area contributed by atoms with E-state index in [0.717, 1.165) is 5.56 Å². The zero-order chi connectivity index (χ0) is 11.2. The van der Waals surface area contributed by atoms with Crippen molar-refractivity contribution in [2.75, 3.05) is 0 Å². The van der Waals surface area contributed by atoms with Gasteiger partial charge < -0.3 is 4.74 Å². The molecule has 80 valence electrons. The van der Waals surface area contributed by atoms with E-state index >= 15 is 0 Å². The molecule has 0 aliphatic rings. The third kappa shape index (κ3) is 2.63. The maximum Gasteiger partial charge on any atom is 0.192 e. The van der Waals surface area contributed by atoms with E-state index in [1.165, 1.54) is 12.4 Å². The Morgan fingerprint density at radius 1 is 1.12 bits per heavy atom. The van der Waals surface area contributed by atoms with Gasteiger partial charge in [-0.2, -0.15) is 0 Å². The zero-order valence-electron chi connectivity index (χ0n) is 8.54. The average Bonchev–Trinajstić information content (AvgIpc) is 2.38. The number of aromatic nitrogens is 2. The van der Waals surface area contributed by atoms with Crippen LogP contribution in [0.5, 0.6) is 5.75 Å². The summed E-state index contributed by atoms with van der Waals surface area (Å²) < 4.78 is 5.45. The van der Waals surface area contributed by atoms with Crippen molar-refractivity contribution in [2.45, 2.75) is 6.61 Å². The lowest BCUT2D eigenvalue weighted by Crippen LogP contribution is -1.98. The van der Waals surface area contributed by atoms with Crippen LogP contribution < -0.4 is 4.74 Å². The summed E-state index contributed by atoms with van der Waals surface area (Å²) in [5.41, 5.74) is 1.07. The summed E-state index contributed by atoms with van der Waals surface area (Å²) in [6.07, 6.45) is 3.57. The van der Waals surface area contributed by atoms with E-state index < -0.39 is 0 Å². The second-order valence-electron chi connectivity index (χ2n) is 3.17. The molecule has 0 aliphatic heterocycles. The summed E-state index contributed by atoms with van der Waals surface area (Å²) in [7, 11) is 0. The molecule has 1 aromatic carbocycles. The van der Waals surface area contributed by atoms with Crippen LogP contribution in [0.15, 0.2) is 42.7 Å². The van der Waals surface area contributed by atoms with E-state index in [1.54, 1.807) is 0 Å². The molecule has 2 aromatic rings. The molecule has 0 amide bonds. The van der Waals surface area contributed by atoms with Crippen LogP contribution in [0.3, 0.4) is 0 Å². The van der Waals surface area contributed by atoms with Crippen molar-refractivity contribution in [1.29, 1.82) is 0 Å². The Labute approximate surface area is 92.9 Å². The molecule has 0 atom stereocenters. The van der Waals surface area contributed by atoms with Crippen molar-refractivity contribution in [2.24, 2.45) is 0 Å². The lowest BCUT2D eigenvalue weighted by molar-refractivity contribution is 0.111. The van der Waals surface area contributed by atoms with E-state index in [-0.39, 0.29) is 5.82 Å². The van der Waals surface area contributed by atoms with E-state index in [0.29, 0.717) is 18.6 Å². The van der Waals surface area contributed by atoms with Gasteiger partial charge in [0.2, 0.25) is 0 Å². The Kier molecular flexibility index (Phi) is 3.23. The van der Waals surface area contributed by atoms with Crippen LogP contribution in [0.1, 0.15) is 16.2 Å². The van der Waals surface area contributed by atoms with E-state index in [2.05, 4.69) is 9.97 Å². The Balaban J connectivity index is 1.97. The zero-order valence-corrected chi connectivity index (χ0v) is 8.54. The fourth-order valence-electron chi connectivity index (χ4n) is 1.20. The first-order valence-electron chi connectivity index (χ1n) is 4.82. The molecule has 2 rings (SSSR count). The van der Waals surface area contributed by atoms with Crippen LogP contribution in [0.4, 0.5) is 0 Å². The fraction of sp³-hybridized carbons (Fsp3) is 0.0833. The topological polar surface area (TPSA) is 52.1 Å². The molecule has 1 heterocycles. The van der Waals surface area contributed by atoms with Crippen molar-refractivity contribution in [1.82, 2.24) is 9.97 Å².